The van der Waals surface area contributed by atoms with E-state index in [1.807, 2.05) is 24.3 Å². The normalized spacial score (nSPS) is 13.4. The summed E-state index contributed by atoms with van der Waals surface area (Å²) in [6.07, 6.45) is 4.76. The number of carboxylic acids is 1. The third kappa shape index (κ3) is 8.49. The second-order valence-corrected chi connectivity index (χ2v) is 12.0. The molecular formula is C38H44N2O4. The lowest BCUT2D eigenvalue weighted by Crippen LogP contribution is -2.35. The molecule has 4 aromatic carbocycles. The van der Waals surface area contributed by atoms with Crippen LogP contribution in [0.3, 0.4) is 0 Å². The van der Waals surface area contributed by atoms with Crippen LogP contribution in [0.15, 0.2) is 84.9 Å². The molecule has 3 N–H and O–H groups in total. The van der Waals surface area contributed by atoms with E-state index < -0.39 is 12.0 Å². The number of aryl methyl sites for hydroxylation is 3. The first-order valence-electron chi connectivity index (χ1n) is 15.6. The number of fused-ring (bicyclic) bond motifs is 1. The van der Waals surface area contributed by atoms with Crippen molar-refractivity contribution in [1.82, 2.24) is 4.90 Å². The molecule has 0 saturated heterocycles. The molecule has 1 aliphatic rings. The molecule has 0 radical (unpaired) electrons. The molecule has 1 atom stereocenters. The summed E-state index contributed by atoms with van der Waals surface area (Å²) in [6, 6.07) is 28.4. The summed E-state index contributed by atoms with van der Waals surface area (Å²) in [5.74, 6) is 0.811. The minimum Gasteiger partial charge on any atom is -0.489 e. The van der Waals surface area contributed by atoms with Gasteiger partial charge in [0.1, 0.15) is 30.8 Å². The van der Waals surface area contributed by atoms with Crippen LogP contribution in [0.5, 0.6) is 11.5 Å². The van der Waals surface area contributed by atoms with Crippen LogP contribution < -0.4 is 15.2 Å². The summed E-state index contributed by atoms with van der Waals surface area (Å²) in [5, 5.41) is 9.51. The van der Waals surface area contributed by atoms with Crippen molar-refractivity contribution in [1.29, 1.82) is 0 Å². The number of ether oxygens (including phenoxy) is 2. The summed E-state index contributed by atoms with van der Waals surface area (Å²) in [5.41, 5.74) is 15.5. The van der Waals surface area contributed by atoms with Crippen LogP contribution in [-0.4, -0.2) is 28.6 Å². The largest absolute Gasteiger partial charge is 0.489 e. The van der Waals surface area contributed by atoms with E-state index >= 15 is 0 Å². The summed E-state index contributed by atoms with van der Waals surface area (Å²) in [7, 11) is 0. The van der Waals surface area contributed by atoms with Crippen LogP contribution in [0.2, 0.25) is 0 Å². The van der Waals surface area contributed by atoms with Crippen LogP contribution in [0.25, 0.3) is 0 Å². The van der Waals surface area contributed by atoms with Crippen molar-refractivity contribution in [3.8, 4) is 11.5 Å². The van der Waals surface area contributed by atoms with Gasteiger partial charge in [-0.1, -0.05) is 90.0 Å². The number of carbonyl (C=O) groups is 1. The SMILES string of the molecule is Cc1cccc(COc2ccccc2CN(CC[C@H](N)C(=O)O)Cc2ccc3c(c2OCc2cccc(C)c2)CCCC3)c1. The lowest BCUT2D eigenvalue weighted by molar-refractivity contribution is -0.138. The second kappa shape index (κ2) is 15.0. The van der Waals surface area contributed by atoms with Crippen molar-refractivity contribution in [3.63, 3.8) is 0 Å². The Bertz CT molecular complexity index is 1570. The molecule has 44 heavy (non-hydrogen) atoms. The molecule has 0 saturated carbocycles. The zero-order valence-electron chi connectivity index (χ0n) is 25.9. The number of aliphatic carboxylic acids is 1. The Morgan fingerprint density at radius 1 is 0.818 bits per heavy atom. The Labute approximate surface area is 261 Å². The van der Waals surface area contributed by atoms with E-state index in [-0.39, 0.29) is 0 Å². The maximum absolute atomic E-state index is 11.6. The fraction of sp³-hybridized carbons (Fsp3) is 0.342. The van der Waals surface area contributed by atoms with Crippen LogP contribution in [-0.2, 0) is 43.9 Å². The van der Waals surface area contributed by atoms with Crippen molar-refractivity contribution in [2.75, 3.05) is 6.54 Å². The lowest BCUT2D eigenvalue weighted by Gasteiger charge is -2.28. The van der Waals surface area contributed by atoms with E-state index in [1.165, 1.54) is 28.7 Å². The maximum atomic E-state index is 11.6. The summed E-state index contributed by atoms with van der Waals surface area (Å²) in [4.78, 5) is 13.9. The highest BCUT2D eigenvalue weighted by Crippen LogP contribution is 2.35. The highest BCUT2D eigenvalue weighted by atomic mass is 16.5. The smallest absolute Gasteiger partial charge is 0.320 e. The van der Waals surface area contributed by atoms with E-state index in [0.29, 0.717) is 39.3 Å². The van der Waals surface area contributed by atoms with Crippen molar-refractivity contribution < 1.29 is 19.4 Å². The molecular weight excluding hydrogens is 548 g/mol. The van der Waals surface area contributed by atoms with Gasteiger partial charge in [0.15, 0.2) is 0 Å². The van der Waals surface area contributed by atoms with Crippen LogP contribution in [0, 0.1) is 13.8 Å². The Kier molecular flexibility index (Phi) is 10.7. The zero-order valence-corrected chi connectivity index (χ0v) is 25.9. The van der Waals surface area contributed by atoms with E-state index in [4.69, 9.17) is 15.2 Å². The summed E-state index contributed by atoms with van der Waals surface area (Å²) >= 11 is 0. The molecule has 230 valence electrons. The quantitative estimate of drug-likeness (QED) is 0.162. The van der Waals surface area contributed by atoms with Crippen molar-refractivity contribution >= 4 is 5.97 Å². The Balaban J connectivity index is 1.40. The predicted octanol–water partition coefficient (Wildman–Crippen LogP) is 7.14. The van der Waals surface area contributed by atoms with Gasteiger partial charge >= 0.3 is 5.97 Å². The number of nitrogens with zero attached hydrogens (tertiary/aromatic N) is 1. The molecule has 1 aliphatic carbocycles. The Hall–Kier alpha value is -4.13. The van der Waals surface area contributed by atoms with E-state index in [1.54, 1.807) is 0 Å². The first kappa shape index (κ1) is 31.3. The van der Waals surface area contributed by atoms with E-state index in [0.717, 1.165) is 53.0 Å². The predicted molar refractivity (Wildman–Crippen MR) is 175 cm³/mol. The van der Waals surface area contributed by atoms with E-state index in [2.05, 4.69) is 79.4 Å². The molecule has 0 heterocycles. The second-order valence-electron chi connectivity index (χ2n) is 12.0. The average Bonchev–Trinajstić information content (AvgIpc) is 3.02. The molecule has 0 amide bonds. The topological polar surface area (TPSA) is 85.0 Å². The fourth-order valence-electron chi connectivity index (χ4n) is 5.98. The fourth-order valence-corrected chi connectivity index (χ4v) is 5.98. The first-order chi connectivity index (χ1) is 21.4. The molecule has 6 nitrogen and oxygen atoms in total. The van der Waals surface area contributed by atoms with Gasteiger partial charge in [0.2, 0.25) is 0 Å². The average molecular weight is 593 g/mol. The molecule has 0 spiro atoms. The molecule has 0 aromatic heterocycles. The summed E-state index contributed by atoms with van der Waals surface area (Å²) < 4.78 is 13.0. The number of benzene rings is 4. The van der Waals surface area contributed by atoms with Gasteiger partial charge < -0.3 is 20.3 Å². The van der Waals surface area contributed by atoms with Crippen molar-refractivity contribution in [2.45, 2.75) is 78.3 Å². The molecule has 0 unspecified atom stereocenters. The van der Waals surface area contributed by atoms with Crippen molar-refractivity contribution in [3.05, 3.63) is 129 Å². The zero-order chi connectivity index (χ0) is 30.9. The van der Waals surface area contributed by atoms with Gasteiger partial charge in [0.05, 0.1) is 0 Å². The molecule has 0 aliphatic heterocycles. The van der Waals surface area contributed by atoms with Gasteiger partial charge in [-0.2, -0.15) is 0 Å². The van der Waals surface area contributed by atoms with Crippen molar-refractivity contribution in [2.24, 2.45) is 5.73 Å². The highest BCUT2D eigenvalue weighted by molar-refractivity contribution is 5.73. The Morgan fingerprint density at radius 3 is 2.18 bits per heavy atom. The van der Waals surface area contributed by atoms with Crippen LogP contribution >= 0.6 is 0 Å². The van der Waals surface area contributed by atoms with Gasteiger partial charge in [-0.3, -0.25) is 9.69 Å². The standard InChI is InChI=1S/C38H44N2O4/c1-27-9-7-11-29(21-27)25-43-36-16-6-4-14-32(36)23-40(20-19-35(39)38(41)42)24-33-18-17-31-13-3-5-15-34(31)37(33)44-26-30-12-8-10-28(2)22-30/h4,6-12,14,16-18,21-22,35H,3,5,13,15,19-20,23-26,39H2,1-2H3,(H,41,42)/t35-/m0/s1. The third-order valence-electron chi connectivity index (χ3n) is 8.34. The van der Waals surface area contributed by atoms with Gasteiger partial charge in [0.25, 0.3) is 0 Å². The molecule has 0 fully saturated rings. The molecule has 6 heteroatoms. The molecule has 4 aromatic rings. The number of nitrogens with two attached hydrogens (primary N) is 1. The third-order valence-corrected chi connectivity index (χ3v) is 8.34. The highest BCUT2D eigenvalue weighted by Gasteiger charge is 2.22. The van der Waals surface area contributed by atoms with Crippen LogP contribution in [0.1, 0.15) is 63.8 Å². The maximum Gasteiger partial charge on any atom is 0.320 e. The van der Waals surface area contributed by atoms with E-state index in [9.17, 15) is 9.90 Å². The monoisotopic (exact) mass is 592 g/mol. The minimum absolute atomic E-state index is 0.339. The van der Waals surface area contributed by atoms with Gasteiger partial charge in [-0.15, -0.1) is 0 Å². The molecule has 5 rings (SSSR count). The van der Waals surface area contributed by atoms with Gasteiger partial charge in [-0.25, -0.2) is 0 Å². The Morgan fingerprint density at radius 2 is 1.48 bits per heavy atom. The molecule has 0 bridgehead atoms. The number of hydrogen-bond donors (Lipinski definition) is 2. The van der Waals surface area contributed by atoms with Gasteiger partial charge in [0, 0.05) is 30.8 Å². The number of rotatable bonds is 14. The summed E-state index contributed by atoms with van der Waals surface area (Å²) in [6.45, 7) is 6.88. The number of para-hydroxylation sites is 1. The first-order valence-corrected chi connectivity index (χ1v) is 15.6. The number of carboxylic acid groups (broad SMARTS) is 1. The van der Waals surface area contributed by atoms with Crippen LogP contribution in [0.4, 0.5) is 0 Å². The lowest BCUT2D eigenvalue weighted by atomic mass is 9.89. The minimum atomic E-state index is -0.984. The number of hydrogen-bond acceptors (Lipinski definition) is 5. The van der Waals surface area contributed by atoms with Gasteiger partial charge in [-0.05, 0) is 74.3 Å².